The van der Waals surface area contributed by atoms with Gasteiger partial charge in [-0.2, -0.15) is 0 Å². The van der Waals surface area contributed by atoms with E-state index in [0.29, 0.717) is 18.4 Å². The van der Waals surface area contributed by atoms with Crippen molar-refractivity contribution < 1.29 is 4.79 Å². The zero-order valence-corrected chi connectivity index (χ0v) is 10.6. The lowest BCUT2D eigenvalue weighted by atomic mass is 10.0. The summed E-state index contributed by atoms with van der Waals surface area (Å²) in [6.07, 6.45) is 1.43. The minimum Gasteiger partial charge on any atom is -0.370 e. The van der Waals surface area contributed by atoms with Crippen molar-refractivity contribution in [1.29, 1.82) is 0 Å². The molecule has 0 aliphatic rings. The molecule has 2 atom stereocenters. The van der Waals surface area contributed by atoms with E-state index in [9.17, 15) is 4.79 Å². The van der Waals surface area contributed by atoms with Crippen molar-refractivity contribution in [3.05, 3.63) is 35.9 Å². The molecule has 1 aromatic rings. The van der Waals surface area contributed by atoms with E-state index in [1.807, 2.05) is 18.2 Å². The van der Waals surface area contributed by atoms with Crippen LogP contribution in [0.2, 0.25) is 0 Å². The molecule has 0 saturated heterocycles. The molecule has 0 fully saturated rings. The number of primary amides is 1. The fourth-order valence-electron chi connectivity index (χ4n) is 1.85. The monoisotopic (exact) mass is 234 g/mol. The maximum atomic E-state index is 10.9. The van der Waals surface area contributed by atoms with Gasteiger partial charge >= 0.3 is 0 Å². The van der Waals surface area contributed by atoms with Gasteiger partial charge in [-0.1, -0.05) is 43.7 Å². The molecule has 0 spiro atoms. The molecule has 0 saturated carbocycles. The molecule has 94 valence electrons. The third kappa shape index (κ3) is 5.00. The first-order valence-corrected chi connectivity index (χ1v) is 6.20. The molecule has 0 radical (unpaired) electrons. The molecule has 0 aliphatic heterocycles. The molecule has 1 rings (SSSR count). The number of nitrogens with two attached hydrogens (primary N) is 1. The number of rotatable bonds is 7. The van der Waals surface area contributed by atoms with Gasteiger partial charge in [0.05, 0.1) is 0 Å². The van der Waals surface area contributed by atoms with Crippen molar-refractivity contribution in [2.75, 3.05) is 6.54 Å². The number of benzene rings is 1. The Labute approximate surface area is 103 Å². The fraction of sp³-hybridized carbons (Fsp3) is 0.500. The first-order chi connectivity index (χ1) is 8.13. The summed E-state index contributed by atoms with van der Waals surface area (Å²) in [6, 6.07) is 10.6. The van der Waals surface area contributed by atoms with Gasteiger partial charge in [0.25, 0.3) is 0 Å². The zero-order valence-electron chi connectivity index (χ0n) is 10.6. The van der Waals surface area contributed by atoms with E-state index in [1.165, 1.54) is 5.56 Å². The average Bonchev–Trinajstić information content (AvgIpc) is 2.34. The maximum absolute atomic E-state index is 10.9. The predicted octanol–water partition coefficient (Wildman–Crippen LogP) is 2.24. The Morgan fingerprint density at radius 3 is 2.53 bits per heavy atom. The second-order valence-corrected chi connectivity index (χ2v) is 4.49. The van der Waals surface area contributed by atoms with Crippen LogP contribution >= 0.6 is 0 Å². The van der Waals surface area contributed by atoms with Gasteiger partial charge in [0.15, 0.2) is 0 Å². The van der Waals surface area contributed by atoms with Crippen LogP contribution in [-0.4, -0.2) is 12.5 Å². The van der Waals surface area contributed by atoms with Crippen LogP contribution in [0.5, 0.6) is 0 Å². The van der Waals surface area contributed by atoms with Crippen LogP contribution in [0.15, 0.2) is 30.3 Å². The molecular formula is C14H22N2O. The lowest BCUT2D eigenvalue weighted by molar-refractivity contribution is -0.118. The topological polar surface area (TPSA) is 55.1 Å². The van der Waals surface area contributed by atoms with Crippen LogP contribution in [0, 0.1) is 5.92 Å². The Morgan fingerprint density at radius 1 is 1.35 bits per heavy atom. The highest BCUT2D eigenvalue weighted by Gasteiger charge is 2.11. The lowest BCUT2D eigenvalue weighted by Gasteiger charge is -2.19. The normalized spacial score (nSPS) is 14.2. The van der Waals surface area contributed by atoms with Gasteiger partial charge in [-0.05, 0) is 24.9 Å². The van der Waals surface area contributed by atoms with E-state index in [-0.39, 0.29) is 5.91 Å². The quantitative estimate of drug-likeness (QED) is 0.760. The summed E-state index contributed by atoms with van der Waals surface area (Å²) in [5.41, 5.74) is 6.48. The van der Waals surface area contributed by atoms with Crippen molar-refractivity contribution in [2.24, 2.45) is 11.7 Å². The van der Waals surface area contributed by atoms with E-state index in [4.69, 9.17) is 5.73 Å². The molecule has 3 N–H and O–H groups in total. The van der Waals surface area contributed by atoms with Crippen LogP contribution in [0.4, 0.5) is 0 Å². The molecule has 0 bridgehead atoms. The predicted molar refractivity (Wildman–Crippen MR) is 70.5 cm³/mol. The van der Waals surface area contributed by atoms with Crippen LogP contribution < -0.4 is 11.1 Å². The molecule has 1 aromatic carbocycles. The summed E-state index contributed by atoms with van der Waals surface area (Å²) < 4.78 is 0. The van der Waals surface area contributed by atoms with Crippen LogP contribution in [0.25, 0.3) is 0 Å². The summed E-state index contributed by atoms with van der Waals surface area (Å²) in [4.78, 5) is 10.9. The average molecular weight is 234 g/mol. The minimum absolute atomic E-state index is 0.217. The molecule has 0 aliphatic carbocycles. The SMILES string of the molecule is CCC(CNC(C)c1ccccc1)CC(N)=O. The fourth-order valence-corrected chi connectivity index (χ4v) is 1.85. The van der Waals surface area contributed by atoms with Crippen LogP contribution in [0.1, 0.15) is 38.3 Å². The van der Waals surface area contributed by atoms with Crippen molar-refractivity contribution in [1.82, 2.24) is 5.32 Å². The smallest absolute Gasteiger partial charge is 0.217 e. The molecule has 17 heavy (non-hydrogen) atoms. The van der Waals surface area contributed by atoms with E-state index in [0.717, 1.165) is 13.0 Å². The Hall–Kier alpha value is -1.35. The number of amides is 1. The van der Waals surface area contributed by atoms with Crippen LogP contribution in [-0.2, 0) is 4.79 Å². The van der Waals surface area contributed by atoms with Gasteiger partial charge in [-0.3, -0.25) is 4.79 Å². The van der Waals surface area contributed by atoms with Crippen molar-refractivity contribution >= 4 is 5.91 Å². The number of carbonyl (C=O) groups is 1. The molecule has 3 heteroatoms. The van der Waals surface area contributed by atoms with Crippen LogP contribution in [0.3, 0.4) is 0 Å². The largest absolute Gasteiger partial charge is 0.370 e. The zero-order chi connectivity index (χ0) is 12.7. The number of hydrogen-bond acceptors (Lipinski definition) is 2. The van der Waals surface area contributed by atoms with E-state index in [2.05, 4.69) is 31.3 Å². The molecule has 1 amide bonds. The number of nitrogens with one attached hydrogen (secondary N) is 1. The Kier molecular flexibility index (Phi) is 5.70. The van der Waals surface area contributed by atoms with E-state index >= 15 is 0 Å². The minimum atomic E-state index is -0.217. The second-order valence-electron chi connectivity index (χ2n) is 4.49. The second kappa shape index (κ2) is 7.07. The highest BCUT2D eigenvalue weighted by Crippen LogP contribution is 2.13. The lowest BCUT2D eigenvalue weighted by Crippen LogP contribution is -2.28. The van der Waals surface area contributed by atoms with E-state index < -0.39 is 0 Å². The Balaban J connectivity index is 2.41. The highest BCUT2D eigenvalue weighted by atomic mass is 16.1. The molecular weight excluding hydrogens is 212 g/mol. The summed E-state index contributed by atoms with van der Waals surface area (Å²) in [5, 5.41) is 3.45. The highest BCUT2D eigenvalue weighted by molar-refractivity contribution is 5.73. The molecule has 2 unspecified atom stereocenters. The Bertz CT molecular complexity index is 337. The Morgan fingerprint density at radius 2 is 2.00 bits per heavy atom. The number of carbonyl (C=O) groups excluding carboxylic acids is 1. The van der Waals surface area contributed by atoms with Gasteiger partial charge < -0.3 is 11.1 Å². The van der Waals surface area contributed by atoms with Gasteiger partial charge in [0.1, 0.15) is 0 Å². The van der Waals surface area contributed by atoms with Gasteiger partial charge in [-0.25, -0.2) is 0 Å². The maximum Gasteiger partial charge on any atom is 0.217 e. The van der Waals surface area contributed by atoms with Crippen molar-refractivity contribution in [3.63, 3.8) is 0 Å². The first kappa shape index (κ1) is 13.7. The summed E-state index contributed by atoms with van der Waals surface area (Å²) >= 11 is 0. The van der Waals surface area contributed by atoms with E-state index in [1.54, 1.807) is 0 Å². The standard InChI is InChI=1S/C14H22N2O/c1-3-12(9-14(15)17)10-16-11(2)13-7-5-4-6-8-13/h4-8,11-12,16H,3,9-10H2,1-2H3,(H2,15,17). The number of hydrogen-bond donors (Lipinski definition) is 2. The van der Waals surface area contributed by atoms with Crippen molar-refractivity contribution in [2.45, 2.75) is 32.7 Å². The summed E-state index contributed by atoms with van der Waals surface area (Å²) in [5.74, 6) is 0.115. The third-order valence-corrected chi connectivity index (χ3v) is 3.08. The molecule has 3 nitrogen and oxygen atoms in total. The van der Waals surface area contributed by atoms with Gasteiger partial charge in [0.2, 0.25) is 5.91 Å². The summed E-state index contributed by atoms with van der Waals surface area (Å²) in [7, 11) is 0. The summed E-state index contributed by atoms with van der Waals surface area (Å²) in [6.45, 7) is 5.05. The molecule has 0 aromatic heterocycles. The van der Waals surface area contributed by atoms with Crippen molar-refractivity contribution in [3.8, 4) is 0 Å². The first-order valence-electron chi connectivity index (χ1n) is 6.20. The van der Waals surface area contributed by atoms with Gasteiger partial charge in [0, 0.05) is 12.5 Å². The molecule has 0 heterocycles. The van der Waals surface area contributed by atoms with Gasteiger partial charge in [-0.15, -0.1) is 0 Å². The third-order valence-electron chi connectivity index (χ3n) is 3.08.